The minimum absolute atomic E-state index is 0.0613. The number of hydrogen-bond acceptors (Lipinski definition) is 4. The molecular weight excluding hydrogens is 291 g/mol. The van der Waals surface area contributed by atoms with Gasteiger partial charge in [0.1, 0.15) is 15.3 Å². The molecule has 0 aliphatic heterocycles. The van der Waals surface area contributed by atoms with Crippen LogP contribution in [0, 0.1) is 11.3 Å². The molecule has 1 heterocycles. The van der Waals surface area contributed by atoms with E-state index in [9.17, 15) is 8.42 Å². The van der Waals surface area contributed by atoms with Crippen LogP contribution in [0.2, 0.25) is 8.67 Å². The zero-order valence-corrected chi connectivity index (χ0v) is 11.6. The van der Waals surface area contributed by atoms with Crippen molar-refractivity contribution in [2.45, 2.75) is 17.9 Å². The van der Waals surface area contributed by atoms with Crippen LogP contribution in [0.25, 0.3) is 0 Å². The van der Waals surface area contributed by atoms with Crippen molar-refractivity contribution in [3.05, 3.63) is 14.7 Å². The highest BCUT2D eigenvalue weighted by molar-refractivity contribution is 7.89. The Morgan fingerprint density at radius 2 is 2.12 bits per heavy atom. The lowest BCUT2D eigenvalue weighted by atomic mass is 10.4. The molecule has 0 amide bonds. The maximum atomic E-state index is 12.0. The van der Waals surface area contributed by atoms with E-state index in [2.05, 4.69) is 0 Å². The van der Waals surface area contributed by atoms with Crippen molar-refractivity contribution < 1.29 is 8.42 Å². The Kier molecular flexibility index (Phi) is 4.21. The Balaban J connectivity index is 3.23. The van der Waals surface area contributed by atoms with Crippen LogP contribution in [0.3, 0.4) is 0 Å². The second kappa shape index (κ2) is 4.90. The van der Waals surface area contributed by atoms with Crippen molar-refractivity contribution in [2.75, 3.05) is 7.05 Å². The SMILES string of the molecule is CC(C#N)N(C)S(=O)(=O)c1cc(Cl)sc1Cl. The van der Waals surface area contributed by atoms with Crippen molar-refractivity contribution in [1.82, 2.24) is 4.31 Å². The standard InChI is InChI=1S/C8H8Cl2N2O2S2/c1-5(4-11)12(2)16(13,14)6-3-7(9)15-8(6)10/h3,5H,1-2H3. The van der Waals surface area contributed by atoms with Gasteiger partial charge in [-0.1, -0.05) is 23.2 Å². The summed E-state index contributed by atoms with van der Waals surface area (Å²) < 4.78 is 25.4. The van der Waals surface area contributed by atoms with Gasteiger partial charge in [0, 0.05) is 7.05 Å². The summed E-state index contributed by atoms with van der Waals surface area (Å²) in [5.74, 6) is 0. The Morgan fingerprint density at radius 3 is 2.50 bits per heavy atom. The predicted octanol–water partition coefficient (Wildman–Crippen LogP) is 2.59. The monoisotopic (exact) mass is 298 g/mol. The molecule has 1 unspecified atom stereocenters. The minimum Gasteiger partial charge on any atom is -0.207 e. The van der Waals surface area contributed by atoms with Crippen LogP contribution in [-0.4, -0.2) is 25.8 Å². The average molecular weight is 299 g/mol. The van der Waals surface area contributed by atoms with Gasteiger partial charge < -0.3 is 0 Å². The van der Waals surface area contributed by atoms with Gasteiger partial charge in [0.15, 0.2) is 0 Å². The molecule has 4 nitrogen and oxygen atoms in total. The second-order valence-corrected chi connectivity index (χ2v) is 7.27. The zero-order valence-electron chi connectivity index (χ0n) is 8.44. The molecule has 1 aromatic rings. The molecule has 16 heavy (non-hydrogen) atoms. The van der Waals surface area contributed by atoms with Crippen LogP contribution in [0.15, 0.2) is 11.0 Å². The summed E-state index contributed by atoms with van der Waals surface area (Å²) in [6.45, 7) is 1.49. The first kappa shape index (κ1) is 13.7. The topological polar surface area (TPSA) is 61.2 Å². The van der Waals surface area contributed by atoms with Crippen molar-refractivity contribution in [3.63, 3.8) is 0 Å². The lowest BCUT2D eigenvalue weighted by Crippen LogP contribution is -2.33. The number of thiophene rings is 1. The van der Waals surface area contributed by atoms with Gasteiger partial charge in [-0.15, -0.1) is 11.3 Å². The zero-order chi connectivity index (χ0) is 12.5. The molecule has 0 aliphatic rings. The summed E-state index contributed by atoms with van der Waals surface area (Å²) in [7, 11) is -2.43. The fraction of sp³-hybridized carbons (Fsp3) is 0.375. The van der Waals surface area contributed by atoms with E-state index in [1.54, 1.807) is 0 Å². The molecule has 0 fully saturated rings. The largest absolute Gasteiger partial charge is 0.246 e. The van der Waals surface area contributed by atoms with E-state index in [-0.39, 0.29) is 9.23 Å². The summed E-state index contributed by atoms with van der Waals surface area (Å²) >= 11 is 12.4. The van der Waals surface area contributed by atoms with Crippen molar-refractivity contribution >= 4 is 44.6 Å². The van der Waals surface area contributed by atoms with Gasteiger partial charge in [0.25, 0.3) is 0 Å². The van der Waals surface area contributed by atoms with Gasteiger partial charge in [-0.25, -0.2) is 8.42 Å². The van der Waals surface area contributed by atoms with Gasteiger partial charge in [-0.2, -0.15) is 9.57 Å². The van der Waals surface area contributed by atoms with Gasteiger partial charge in [0.05, 0.1) is 10.4 Å². The highest BCUT2D eigenvalue weighted by Gasteiger charge is 2.28. The van der Waals surface area contributed by atoms with E-state index in [0.717, 1.165) is 15.6 Å². The molecule has 1 rings (SSSR count). The normalized spacial score (nSPS) is 13.8. The predicted molar refractivity (Wildman–Crippen MR) is 64.4 cm³/mol. The second-order valence-electron chi connectivity index (χ2n) is 3.01. The fourth-order valence-electron chi connectivity index (χ4n) is 0.946. The molecule has 1 aromatic heterocycles. The number of hydrogen-bond donors (Lipinski definition) is 0. The number of rotatable bonds is 3. The molecule has 88 valence electrons. The Hall–Kier alpha value is -0.320. The highest BCUT2D eigenvalue weighted by atomic mass is 35.5. The first-order valence-electron chi connectivity index (χ1n) is 4.13. The number of nitriles is 1. The third-order valence-corrected chi connectivity index (χ3v) is 5.70. The third kappa shape index (κ3) is 2.50. The lowest BCUT2D eigenvalue weighted by Gasteiger charge is -2.18. The first-order valence-corrected chi connectivity index (χ1v) is 7.14. The number of halogens is 2. The maximum absolute atomic E-state index is 12.0. The summed E-state index contributed by atoms with van der Waals surface area (Å²) in [5.41, 5.74) is 0. The number of sulfonamides is 1. The lowest BCUT2D eigenvalue weighted by molar-refractivity contribution is 0.442. The molecule has 0 bridgehead atoms. The smallest absolute Gasteiger partial charge is 0.207 e. The molecule has 0 aromatic carbocycles. The van der Waals surface area contributed by atoms with Crippen molar-refractivity contribution in [2.24, 2.45) is 0 Å². The molecule has 1 atom stereocenters. The fourth-order valence-corrected chi connectivity index (χ4v) is 4.33. The average Bonchev–Trinajstić information content (AvgIpc) is 2.56. The molecule has 8 heteroatoms. The third-order valence-electron chi connectivity index (χ3n) is 2.01. The van der Waals surface area contributed by atoms with E-state index >= 15 is 0 Å². The molecule has 0 N–H and O–H groups in total. The van der Waals surface area contributed by atoms with Crippen LogP contribution >= 0.6 is 34.5 Å². The van der Waals surface area contributed by atoms with E-state index in [1.807, 2.05) is 6.07 Å². The first-order chi connectivity index (χ1) is 7.30. The quantitative estimate of drug-likeness (QED) is 0.862. The van der Waals surface area contributed by atoms with Gasteiger partial charge >= 0.3 is 0 Å². The van der Waals surface area contributed by atoms with E-state index in [1.165, 1.54) is 20.0 Å². The van der Waals surface area contributed by atoms with Crippen LogP contribution in [0.1, 0.15) is 6.92 Å². The Bertz CT molecular complexity index is 533. The van der Waals surface area contributed by atoms with Crippen molar-refractivity contribution in [1.29, 1.82) is 5.26 Å². The van der Waals surface area contributed by atoms with Crippen LogP contribution in [0.4, 0.5) is 0 Å². The maximum Gasteiger partial charge on any atom is 0.246 e. The summed E-state index contributed by atoms with van der Waals surface area (Å²) in [6, 6.07) is 2.36. The Labute approximate surface area is 108 Å². The molecule has 0 saturated heterocycles. The van der Waals surface area contributed by atoms with E-state index < -0.39 is 16.1 Å². The summed E-state index contributed by atoms with van der Waals surface area (Å²) in [4.78, 5) is -0.0613. The minimum atomic E-state index is -3.76. The Morgan fingerprint density at radius 1 is 1.56 bits per heavy atom. The molecular formula is C8H8Cl2N2O2S2. The van der Waals surface area contributed by atoms with Gasteiger partial charge in [-0.05, 0) is 13.0 Å². The van der Waals surface area contributed by atoms with Crippen LogP contribution in [-0.2, 0) is 10.0 Å². The van der Waals surface area contributed by atoms with Gasteiger partial charge in [0.2, 0.25) is 10.0 Å². The molecule has 0 saturated carbocycles. The van der Waals surface area contributed by atoms with E-state index in [4.69, 9.17) is 28.5 Å². The number of nitrogens with zero attached hydrogens (tertiary/aromatic N) is 2. The summed E-state index contributed by atoms with van der Waals surface area (Å²) in [5, 5.41) is 8.68. The van der Waals surface area contributed by atoms with Crippen LogP contribution in [0.5, 0.6) is 0 Å². The van der Waals surface area contributed by atoms with Crippen LogP contribution < -0.4 is 0 Å². The highest BCUT2D eigenvalue weighted by Crippen LogP contribution is 2.35. The molecule has 0 aliphatic carbocycles. The van der Waals surface area contributed by atoms with E-state index in [0.29, 0.717) is 4.34 Å². The van der Waals surface area contributed by atoms with Gasteiger partial charge in [-0.3, -0.25) is 0 Å². The summed E-state index contributed by atoms with van der Waals surface area (Å²) in [6.07, 6.45) is 0. The van der Waals surface area contributed by atoms with Crippen molar-refractivity contribution in [3.8, 4) is 6.07 Å². The molecule has 0 spiro atoms. The molecule has 0 radical (unpaired) electrons.